The first-order valence-corrected chi connectivity index (χ1v) is 18.0. The molecule has 0 aliphatic heterocycles. The van der Waals surface area contributed by atoms with Crippen LogP contribution in [0.3, 0.4) is 0 Å². The van der Waals surface area contributed by atoms with Crippen molar-refractivity contribution >= 4 is 16.6 Å². The minimum atomic E-state index is -2.23. The molecule has 2 aromatic heterocycles. The van der Waals surface area contributed by atoms with Crippen LogP contribution >= 0.6 is 0 Å². The number of furan rings is 2. The Hall–Kier alpha value is -1.17. The van der Waals surface area contributed by atoms with Gasteiger partial charge in [0.1, 0.15) is 23.7 Å². The summed E-state index contributed by atoms with van der Waals surface area (Å²) in [5, 5.41) is 22.0. The molecule has 0 saturated carbocycles. The number of rotatable bonds is 11. The topological polar surface area (TPSA) is 85.2 Å². The second kappa shape index (κ2) is 10.8. The number of hydrogen-bond acceptors (Lipinski definition) is 6. The lowest BCUT2D eigenvalue weighted by molar-refractivity contribution is -0.0278. The molecule has 0 aliphatic carbocycles. The standard InChI is InChI=1S/C26H46O6Si2/c1-25(2,3)33(7,8)31-23(17-19(27)21-13-11-15-29-21)24(32-34(9,10)26(4,5)6)18-20(28)22-14-12-16-30-22/h11-16,19-20,23-24,27-28H,17-18H2,1-10H3/t19-,20-,23+,24+/m0/s1. The molecule has 0 fully saturated rings. The highest BCUT2D eigenvalue weighted by Crippen LogP contribution is 2.43. The Morgan fingerprint density at radius 2 is 1.03 bits per heavy atom. The summed E-state index contributed by atoms with van der Waals surface area (Å²) in [4.78, 5) is 0. The zero-order valence-electron chi connectivity index (χ0n) is 22.7. The van der Waals surface area contributed by atoms with Crippen LogP contribution in [0.1, 0.15) is 78.1 Å². The van der Waals surface area contributed by atoms with Gasteiger partial charge in [0.25, 0.3) is 0 Å². The fourth-order valence-corrected chi connectivity index (χ4v) is 6.01. The molecule has 2 aromatic rings. The van der Waals surface area contributed by atoms with E-state index in [4.69, 9.17) is 17.7 Å². The Labute approximate surface area is 207 Å². The third-order valence-corrected chi connectivity index (χ3v) is 16.6. The largest absolute Gasteiger partial charge is 0.467 e. The summed E-state index contributed by atoms with van der Waals surface area (Å²) in [7, 11) is -4.46. The molecule has 8 heteroatoms. The maximum Gasteiger partial charge on any atom is 0.192 e. The molecule has 6 nitrogen and oxygen atoms in total. The van der Waals surface area contributed by atoms with Gasteiger partial charge in [0.15, 0.2) is 16.6 Å². The molecule has 0 aliphatic rings. The van der Waals surface area contributed by atoms with Crippen LogP contribution in [-0.2, 0) is 8.85 Å². The molecule has 0 aromatic carbocycles. The summed E-state index contributed by atoms with van der Waals surface area (Å²) < 4.78 is 24.8. The number of aliphatic hydroxyl groups is 2. The predicted molar refractivity (Wildman–Crippen MR) is 141 cm³/mol. The van der Waals surface area contributed by atoms with Crippen molar-refractivity contribution in [2.24, 2.45) is 0 Å². The van der Waals surface area contributed by atoms with Crippen LogP contribution in [0.2, 0.25) is 36.3 Å². The maximum absolute atomic E-state index is 11.0. The van der Waals surface area contributed by atoms with Crippen molar-refractivity contribution < 1.29 is 27.9 Å². The van der Waals surface area contributed by atoms with Gasteiger partial charge >= 0.3 is 0 Å². The summed E-state index contributed by atoms with van der Waals surface area (Å²) in [6.45, 7) is 22.0. The van der Waals surface area contributed by atoms with E-state index in [0.717, 1.165) is 0 Å². The fourth-order valence-electron chi connectivity index (χ4n) is 3.30. The zero-order chi connectivity index (χ0) is 25.9. The maximum atomic E-state index is 11.0. The molecule has 4 atom stereocenters. The summed E-state index contributed by atoms with van der Waals surface area (Å²) in [5.41, 5.74) is 0. The van der Waals surface area contributed by atoms with Gasteiger partial charge in [0.05, 0.1) is 24.7 Å². The highest BCUT2D eigenvalue weighted by Gasteiger charge is 2.45. The third kappa shape index (κ3) is 7.42. The van der Waals surface area contributed by atoms with Crippen LogP contribution in [-0.4, -0.2) is 39.1 Å². The molecule has 2 rings (SSSR count). The first-order chi connectivity index (χ1) is 15.4. The zero-order valence-corrected chi connectivity index (χ0v) is 24.7. The smallest absolute Gasteiger partial charge is 0.192 e. The Kier molecular flexibility index (Phi) is 9.27. The predicted octanol–water partition coefficient (Wildman–Crippen LogP) is 7.20. The van der Waals surface area contributed by atoms with Crippen molar-refractivity contribution in [3.63, 3.8) is 0 Å². The second-order valence-electron chi connectivity index (χ2n) is 12.4. The van der Waals surface area contributed by atoms with E-state index >= 15 is 0 Å². The second-order valence-corrected chi connectivity index (χ2v) is 21.9. The van der Waals surface area contributed by atoms with Gasteiger partial charge in [0, 0.05) is 12.8 Å². The molecule has 0 amide bonds. The quantitative estimate of drug-likeness (QED) is 0.311. The molecular formula is C26H46O6Si2. The Bertz CT molecular complexity index is 775. The molecule has 0 radical (unpaired) electrons. The van der Waals surface area contributed by atoms with Gasteiger partial charge in [0.2, 0.25) is 0 Å². The summed E-state index contributed by atoms with van der Waals surface area (Å²) in [6.07, 6.45) is 1.21. The lowest BCUT2D eigenvalue weighted by atomic mass is 9.99. The first kappa shape index (κ1) is 29.1. The third-order valence-electron chi connectivity index (χ3n) is 7.57. The van der Waals surface area contributed by atoms with Gasteiger partial charge in [-0.2, -0.15) is 0 Å². The lowest BCUT2D eigenvalue weighted by Gasteiger charge is -2.45. The molecule has 0 saturated heterocycles. The molecular weight excluding hydrogens is 464 g/mol. The number of hydrogen-bond donors (Lipinski definition) is 2. The molecule has 34 heavy (non-hydrogen) atoms. The van der Waals surface area contributed by atoms with E-state index in [1.807, 2.05) is 0 Å². The highest BCUT2D eigenvalue weighted by molar-refractivity contribution is 6.74. The van der Waals surface area contributed by atoms with E-state index in [0.29, 0.717) is 24.4 Å². The van der Waals surface area contributed by atoms with Crippen molar-refractivity contribution in [2.75, 3.05) is 0 Å². The normalized spacial score (nSPS) is 17.4. The van der Waals surface area contributed by atoms with E-state index in [1.54, 1.807) is 36.8 Å². The van der Waals surface area contributed by atoms with E-state index < -0.39 is 41.1 Å². The van der Waals surface area contributed by atoms with E-state index in [1.165, 1.54) is 0 Å². The van der Waals surface area contributed by atoms with Crippen LogP contribution in [0.15, 0.2) is 45.6 Å². The molecule has 194 valence electrons. The minimum Gasteiger partial charge on any atom is -0.467 e. The Morgan fingerprint density at radius 1 is 0.706 bits per heavy atom. The van der Waals surface area contributed by atoms with Gasteiger partial charge in [-0.15, -0.1) is 0 Å². The SMILES string of the molecule is CC(C)(C)[Si](C)(C)O[C@H](C[C@H](O)c1ccco1)[C@@H](C[C@H](O)c1ccco1)O[Si](C)(C)C(C)(C)C. The van der Waals surface area contributed by atoms with Gasteiger partial charge in [-0.1, -0.05) is 41.5 Å². The van der Waals surface area contributed by atoms with Crippen LogP contribution in [0.5, 0.6) is 0 Å². The summed E-state index contributed by atoms with van der Waals surface area (Å²) in [6, 6.07) is 7.09. The van der Waals surface area contributed by atoms with Crippen LogP contribution in [0.4, 0.5) is 0 Å². The van der Waals surface area contributed by atoms with Crippen LogP contribution in [0, 0.1) is 0 Å². The molecule has 0 spiro atoms. The van der Waals surface area contributed by atoms with Gasteiger partial charge < -0.3 is 27.9 Å². The number of aliphatic hydroxyl groups excluding tert-OH is 2. The van der Waals surface area contributed by atoms with Gasteiger partial charge in [-0.3, -0.25) is 0 Å². The monoisotopic (exact) mass is 510 g/mol. The average Bonchev–Trinajstić information content (AvgIpc) is 3.38. The van der Waals surface area contributed by atoms with E-state index in [9.17, 15) is 10.2 Å². The molecule has 2 N–H and O–H groups in total. The van der Waals surface area contributed by atoms with Crippen molar-refractivity contribution in [3.05, 3.63) is 48.3 Å². The Balaban J connectivity index is 2.45. The Morgan fingerprint density at radius 3 is 1.26 bits per heavy atom. The lowest BCUT2D eigenvalue weighted by Crippen LogP contribution is -2.52. The van der Waals surface area contributed by atoms with E-state index in [-0.39, 0.29) is 10.1 Å². The summed E-state index contributed by atoms with van der Waals surface area (Å²) in [5.74, 6) is 1.00. The van der Waals surface area contributed by atoms with E-state index in [2.05, 4.69) is 67.7 Å². The summed E-state index contributed by atoms with van der Waals surface area (Å²) >= 11 is 0. The molecule has 0 unspecified atom stereocenters. The highest BCUT2D eigenvalue weighted by atomic mass is 28.4. The fraction of sp³-hybridized carbons (Fsp3) is 0.692. The molecule has 2 heterocycles. The average molecular weight is 511 g/mol. The van der Waals surface area contributed by atoms with Crippen LogP contribution < -0.4 is 0 Å². The molecule has 0 bridgehead atoms. The van der Waals surface area contributed by atoms with Crippen molar-refractivity contribution in [1.82, 2.24) is 0 Å². The van der Waals surface area contributed by atoms with Gasteiger partial charge in [-0.05, 0) is 60.5 Å². The van der Waals surface area contributed by atoms with Crippen molar-refractivity contribution in [1.29, 1.82) is 0 Å². The van der Waals surface area contributed by atoms with Crippen molar-refractivity contribution in [2.45, 2.75) is 115 Å². The van der Waals surface area contributed by atoms with Gasteiger partial charge in [-0.25, -0.2) is 0 Å². The first-order valence-electron chi connectivity index (χ1n) is 12.2. The van der Waals surface area contributed by atoms with Crippen LogP contribution in [0.25, 0.3) is 0 Å². The van der Waals surface area contributed by atoms with Crippen molar-refractivity contribution in [3.8, 4) is 0 Å². The minimum absolute atomic E-state index is 0.0258.